The van der Waals surface area contributed by atoms with E-state index in [0.29, 0.717) is 6.54 Å². The number of rotatable bonds is 3. The van der Waals surface area contributed by atoms with E-state index in [9.17, 15) is 0 Å². The number of halogens is 1. The SMILES string of the molecule is Brc1nnc(NCc2ccncn2)s1. The van der Waals surface area contributed by atoms with Gasteiger partial charge in [-0.3, -0.25) is 0 Å². The minimum atomic E-state index is 0.629. The van der Waals surface area contributed by atoms with Gasteiger partial charge >= 0.3 is 0 Å². The van der Waals surface area contributed by atoms with Crippen LogP contribution in [0.15, 0.2) is 22.5 Å². The van der Waals surface area contributed by atoms with Crippen molar-refractivity contribution in [2.45, 2.75) is 6.54 Å². The molecular formula is C7H6BrN5S. The van der Waals surface area contributed by atoms with Crippen LogP contribution in [0.2, 0.25) is 0 Å². The van der Waals surface area contributed by atoms with Gasteiger partial charge in [0, 0.05) is 6.20 Å². The van der Waals surface area contributed by atoms with Crippen LogP contribution in [-0.4, -0.2) is 20.2 Å². The number of aromatic nitrogens is 4. The van der Waals surface area contributed by atoms with Crippen molar-refractivity contribution in [2.24, 2.45) is 0 Å². The highest BCUT2D eigenvalue weighted by atomic mass is 79.9. The van der Waals surface area contributed by atoms with Crippen LogP contribution in [-0.2, 0) is 6.54 Å². The molecule has 14 heavy (non-hydrogen) atoms. The summed E-state index contributed by atoms with van der Waals surface area (Å²) < 4.78 is 0.766. The Hall–Kier alpha value is -1.08. The van der Waals surface area contributed by atoms with E-state index < -0.39 is 0 Å². The summed E-state index contributed by atoms with van der Waals surface area (Å²) in [4.78, 5) is 7.90. The smallest absolute Gasteiger partial charge is 0.206 e. The molecule has 0 bridgehead atoms. The molecule has 0 amide bonds. The van der Waals surface area contributed by atoms with E-state index >= 15 is 0 Å². The lowest BCUT2D eigenvalue weighted by atomic mass is 10.4. The van der Waals surface area contributed by atoms with E-state index in [4.69, 9.17) is 0 Å². The third-order valence-corrected chi connectivity index (χ3v) is 2.78. The number of hydrogen-bond donors (Lipinski definition) is 1. The Kier molecular flexibility index (Phi) is 3.00. The van der Waals surface area contributed by atoms with E-state index in [1.807, 2.05) is 6.07 Å². The molecule has 2 rings (SSSR count). The van der Waals surface area contributed by atoms with E-state index in [1.54, 1.807) is 6.20 Å². The highest BCUT2D eigenvalue weighted by molar-refractivity contribution is 9.11. The second-order valence-electron chi connectivity index (χ2n) is 2.41. The first-order valence-electron chi connectivity index (χ1n) is 3.82. The maximum atomic E-state index is 4.07. The Morgan fingerprint density at radius 3 is 3.00 bits per heavy atom. The number of hydrogen-bond acceptors (Lipinski definition) is 6. The van der Waals surface area contributed by atoms with Crippen LogP contribution in [0.1, 0.15) is 5.69 Å². The first kappa shape index (κ1) is 9.47. The number of nitrogens with one attached hydrogen (secondary N) is 1. The Labute approximate surface area is 92.8 Å². The van der Waals surface area contributed by atoms with Gasteiger partial charge in [0.2, 0.25) is 5.13 Å². The normalized spacial score (nSPS) is 10.1. The fourth-order valence-electron chi connectivity index (χ4n) is 0.866. The molecule has 0 aliphatic rings. The van der Waals surface area contributed by atoms with E-state index in [2.05, 4.69) is 41.4 Å². The maximum Gasteiger partial charge on any atom is 0.206 e. The minimum absolute atomic E-state index is 0.629. The lowest BCUT2D eigenvalue weighted by Gasteiger charge is -1.99. The average molecular weight is 272 g/mol. The molecule has 0 atom stereocenters. The molecule has 2 heterocycles. The van der Waals surface area contributed by atoms with Gasteiger partial charge in [0.05, 0.1) is 12.2 Å². The van der Waals surface area contributed by atoms with Crippen LogP contribution in [0.25, 0.3) is 0 Å². The molecule has 5 nitrogen and oxygen atoms in total. The van der Waals surface area contributed by atoms with Gasteiger partial charge in [0.25, 0.3) is 0 Å². The van der Waals surface area contributed by atoms with Crippen LogP contribution in [0.5, 0.6) is 0 Å². The summed E-state index contributed by atoms with van der Waals surface area (Å²) in [6.45, 7) is 0.629. The van der Waals surface area contributed by atoms with E-state index in [-0.39, 0.29) is 0 Å². The maximum absolute atomic E-state index is 4.07. The summed E-state index contributed by atoms with van der Waals surface area (Å²) in [5, 5.41) is 11.6. The second-order valence-corrected chi connectivity index (χ2v) is 4.67. The van der Waals surface area contributed by atoms with Crippen LogP contribution in [0.4, 0.5) is 5.13 Å². The Morgan fingerprint density at radius 1 is 1.43 bits per heavy atom. The van der Waals surface area contributed by atoms with Gasteiger partial charge < -0.3 is 5.32 Å². The predicted octanol–water partition coefficient (Wildman–Crippen LogP) is 1.70. The monoisotopic (exact) mass is 271 g/mol. The van der Waals surface area contributed by atoms with Crippen LogP contribution < -0.4 is 5.32 Å². The van der Waals surface area contributed by atoms with E-state index in [1.165, 1.54) is 17.7 Å². The van der Waals surface area contributed by atoms with Gasteiger partial charge in [-0.25, -0.2) is 9.97 Å². The van der Waals surface area contributed by atoms with Gasteiger partial charge in [-0.05, 0) is 22.0 Å². The summed E-state index contributed by atoms with van der Waals surface area (Å²) in [7, 11) is 0. The summed E-state index contributed by atoms with van der Waals surface area (Å²) in [6.07, 6.45) is 3.23. The molecular weight excluding hydrogens is 266 g/mol. The summed E-state index contributed by atoms with van der Waals surface area (Å²) in [6, 6.07) is 1.85. The molecule has 0 saturated heterocycles. The van der Waals surface area contributed by atoms with Crippen molar-refractivity contribution < 1.29 is 0 Å². The highest BCUT2D eigenvalue weighted by Crippen LogP contribution is 2.20. The fraction of sp³-hybridized carbons (Fsp3) is 0.143. The third-order valence-electron chi connectivity index (χ3n) is 1.46. The molecule has 0 aliphatic carbocycles. The first-order chi connectivity index (χ1) is 6.84. The van der Waals surface area contributed by atoms with Crippen molar-refractivity contribution in [1.29, 1.82) is 0 Å². The molecule has 2 aromatic rings. The number of nitrogens with zero attached hydrogens (tertiary/aromatic N) is 4. The fourth-order valence-corrected chi connectivity index (χ4v) is 1.87. The van der Waals surface area contributed by atoms with Crippen LogP contribution in [0, 0.1) is 0 Å². The van der Waals surface area contributed by atoms with Crippen LogP contribution >= 0.6 is 27.3 Å². The molecule has 0 aliphatic heterocycles. The zero-order valence-corrected chi connectivity index (χ0v) is 9.42. The van der Waals surface area contributed by atoms with Gasteiger partial charge in [-0.15, -0.1) is 10.2 Å². The van der Waals surface area contributed by atoms with Crippen molar-refractivity contribution in [2.75, 3.05) is 5.32 Å². The minimum Gasteiger partial charge on any atom is -0.354 e. The summed E-state index contributed by atoms with van der Waals surface area (Å²) in [5.41, 5.74) is 0.923. The van der Waals surface area contributed by atoms with Gasteiger partial charge in [-0.1, -0.05) is 11.3 Å². The zero-order valence-electron chi connectivity index (χ0n) is 7.01. The van der Waals surface area contributed by atoms with Crippen molar-refractivity contribution in [3.63, 3.8) is 0 Å². The number of anilines is 1. The van der Waals surface area contributed by atoms with Crippen molar-refractivity contribution in [3.8, 4) is 0 Å². The first-order valence-corrected chi connectivity index (χ1v) is 5.43. The Balaban J connectivity index is 1.95. The second kappa shape index (κ2) is 4.43. The molecule has 7 heteroatoms. The van der Waals surface area contributed by atoms with Crippen LogP contribution in [0.3, 0.4) is 0 Å². The summed E-state index contributed by atoms with van der Waals surface area (Å²) >= 11 is 4.68. The molecule has 72 valence electrons. The Bertz CT molecular complexity index is 403. The van der Waals surface area contributed by atoms with Gasteiger partial charge in [-0.2, -0.15) is 0 Å². The predicted molar refractivity (Wildman–Crippen MR) is 57.0 cm³/mol. The lowest BCUT2D eigenvalue weighted by Crippen LogP contribution is -2.00. The quantitative estimate of drug-likeness (QED) is 0.921. The standard InChI is InChI=1S/C7H6BrN5S/c8-6-12-13-7(14-6)10-3-5-1-2-9-4-11-5/h1-2,4H,3H2,(H,10,13). The third kappa shape index (κ3) is 2.46. The Morgan fingerprint density at radius 2 is 2.36 bits per heavy atom. The molecule has 0 spiro atoms. The largest absolute Gasteiger partial charge is 0.354 e. The van der Waals surface area contributed by atoms with Crippen molar-refractivity contribution >= 4 is 32.4 Å². The summed E-state index contributed by atoms with van der Waals surface area (Å²) in [5.74, 6) is 0. The van der Waals surface area contributed by atoms with Crippen molar-refractivity contribution in [1.82, 2.24) is 20.2 Å². The molecule has 0 unspecified atom stereocenters. The van der Waals surface area contributed by atoms with Crippen molar-refractivity contribution in [3.05, 3.63) is 28.2 Å². The van der Waals surface area contributed by atoms with E-state index in [0.717, 1.165) is 14.7 Å². The topological polar surface area (TPSA) is 63.6 Å². The highest BCUT2D eigenvalue weighted by Gasteiger charge is 2.00. The molecule has 0 aromatic carbocycles. The molecule has 1 N–H and O–H groups in total. The molecule has 2 aromatic heterocycles. The van der Waals surface area contributed by atoms with Gasteiger partial charge in [0.1, 0.15) is 6.33 Å². The molecule has 0 saturated carbocycles. The lowest BCUT2D eigenvalue weighted by molar-refractivity contribution is 0.985. The molecule has 0 fully saturated rings. The van der Waals surface area contributed by atoms with Gasteiger partial charge in [0.15, 0.2) is 3.92 Å². The average Bonchev–Trinajstić information content (AvgIpc) is 2.63. The zero-order chi connectivity index (χ0) is 9.80. The molecule has 0 radical (unpaired) electrons.